The van der Waals surface area contributed by atoms with Crippen molar-refractivity contribution in [1.82, 2.24) is 0 Å². The number of hydrogen-bond donors (Lipinski definition) is 1. The van der Waals surface area contributed by atoms with Crippen molar-refractivity contribution in [2.75, 3.05) is 7.11 Å². The molecule has 16 heavy (non-hydrogen) atoms. The van der Waals surface area contributed by atoms with Crippen molar-refractivity contribution >= 4 is 21.9 Å². The van der Waals surface area contributed by atoms with Gasteiger partial charge in [0.25, 0.3) is 0 Å². The Morgan fingerprint density at radius 3 is 2.81 bits per heavy atom. The molecule has 88 valence electrons. The summed E-state index contributed by atoms with van der Waals surface area (Å²) in [4.78, 5) is 10.3. The van der Waals surface area contributed by atoms with Crippen LogP contribution in [0, 0.1) is 5.82 Å². The van der Waals surface area contributed by atoms with E-state index in [2.05, 4.69) is 15.9 Å². The average Bonchev–Trinajstić information content (AvgIpc) is 2.24. The summed E-state index contributed by atoms with van der Waals surface area (Å²) in [7, 11) is 1.46. The van der Waals surface area contributed by atoms with Gasteiger partial charge in [0.15, 0.2) is 0 Å². The minimum atomic E-state index is -0.868. The summed E-state index contributed by atoms with van der Waals surface area (Å²) >= 11 is 3.10. The van der Waals surface area contributed by atoms with Gasteiger partial charge in [0, 0.05) is 6.42 Å². The van der Waals surface area contributed by atoms with Crippen molar-refractivity contribution in [1.29, 1.82) is 0 Å². The largest absolute Gasteiger partial charge is 0.495 e. The predicted octanol–water partition coefficient (Wildman–Crippen LogP) is 3.00. The van der Waals surface area contributed by atoms with Crippen LogP contribution < -0.4 is 4.74 Å². The molecule has 0 aliphatic heterocycles. The molecule has 0 amide bonds. The van der Waals surface area contributed by atoms with Gasteiger partial charge >= 0.3 is 5.97 Å². The van der Waals surface area contributed by atoms with Gasteiger partial charge in [-0.15, -0.1) is 0 Å². The Kier molecular flexibility index (Phi) is 4.73. The molecule has 0 aliphatic rings. The molecule has 0 fully saturated rings. The lowest BCUT2D eigenvalue weighted by Gasteiger charge is -2.08. The normalized spacial score (nSPS) is 10.2. The van der Waals surface area contributed by atoms with E-state index in [1.807, 2.05) is 0 Å². The van der Waals surface area contributed by atoms with Gasteiger partial charge in [0.1, 0.15) is 11.6 Å². The molecule has 1 N–H and O–H groups in total. The molecule has 0 aromatic heterocycles. The molecule has 0 heterocycles. The third kappa shape index (κ3) is 3.20. The molecular formula is C11H12BrFO3. The molecule has 0 aliphatic carbocycles. The van der Waals surface area contributed by atoms with E-state index in [0.717, 1.165) is 0 Å². The van der Waals surface area contributed by atoms with Crippen LogP contribution in [0.2, 0.25) is 0 Å². The molecule has 1 aromatic rings. The summed E-state index contributed by atoms with van der Waals surface area (Å²) in [6.45, 7) is 0. The van der Waals surface area contributed by atoms with Gasteiger partial charge in [-0.2, -0.15) is 0 Å². The molecule has 0 radical (unpaired) electrons. The molecule has 0 spiro atoms. The Hall–Kier alpha value is -1.10. The van der Waals surface area contributed by atoms with E-state index in [0.29, 0.717) is 24.2 Å². The SMILES string of the molecule is COc1ccc(CCCC(=O)O)c(F)c1Br. The lowest BCUT2D eigenvalue weighted by molar-refractivity contribution is -0.137. The monoisotopic (exact) mass is 290 g/mol. The second kappa shape index (κ2) is 5.84. The van der Waals surface area contributed by atoms with Gasteiger partial charge in [-0.25, -0.2) is 4.39 Å². The van der Waals surface area contributed by atoms with E-state index in [-0.39, 0.29) is 16.7 Å². The van der Waals surface area contributed by atoms with Crippen LogP contribution in [0.3, 0.4) is 0 Å². The fourth-order valence-electron chi connectivity index (χ4n) is 1.35. The van der Waals surface area contributed by atoms with Crippen LogP contribution in [0.5, 0.6) is 5.75 Å². The Bertz CT molecular complexity index is 393. The van der Waals surface area contributed by atoms with Crippen molar-refractivity contribution in [2.45, 2.75) is 19.3 Å². The van der Waals surface area contributed by atoms with Crippen LogP contribution in [-0.4, -0.2) is 18.2 Å². The Labute approximate surface area is 101 Å². The molecule has 0 atom stereocenters. The van der Waals surface area contributed by atoms with Crippen LogP contribution >= 0.6 is 15.9 Å². The number of carboxylic acid groups (broad SMARTS) is 1. The van der Waals surface area contributed by atoms with Gasteiger partial charge in [-0.3, -0.25) is 4.79 Å². The lowest BCUT2D eigenvalue weighted by Crippen LogP contribution is -1.99. The van der Waals surface area contributed by atoms with E-state index in [1.165, 1.54) is 7.11 Å². The van der Waals surface area contributed by atoms with Gasteiger partial charge in [0.2, 0.25) is 0 Å². The molecular weight excluding hydrogens is 279 g/mol. The minimum absolute atomic E-state index is 0.0447. The maximum atomic E-state index is 13.7. The number of methoxy groups -OCH3 is 1. The highest BCUT2D eigenvalue weighted by atomic mass is 79.9. The molecule has 0 saturated heterocycles. The first-order valence-electron chi connectivity index (χ1n) is 4.79. The van der Waals surface area contributed by atoms with Crippen molar-refractivity contribution in [3.05, 3.63) is 28.0 Å². The number of benzene rings is 1. The van der Waals surface area contributed by atoms with Crippen molar-refractivity contribution in [3.63, 3.8) is 0 Å². The number of carboxylic acids is 1. The number of ether oxygens (including phenoxy) is 1. The summed E-state index contributed by atoms with van der Waals surface area (Å²) in [5.41, 5.74) is 0.494. The Balaban J connectivity index is 2.74. The van der Waals surface area contributed by atoms with E-state index < -0.39 is 5.97 Å². The molecule has 0 unspecified atom stereocenters. The summed E-state index contributed by atoms with van der Waals surface area (Å²) in [6, 6.07) is 3.27. The van der Waals surface area contributed by atoms with Crippen LogP contribution in [0.15, 0.2) is 16.6 Å². The smallest absolute Gasteiger partial charge is 0.303 e. The number of aryl methyl sites for hydroxylation is 1. The molecule has 1 aromatic carbocycles. The van der Waals surface area contributed by atoms with E-state index >= 15 is 0 Å². The predicted molar refractivity (Wildman–Crippen MR) is 61.2 cm³/mol. The zero-order chi connectivity index (χ0) is 12.1. The highest BCUT2D eigenvalue weighted by molar-refractivity contribution is 9.10. The second-order valence-electron chi connectivity index (χ2n) is 3.30. The molecule has 5 heteroatoms. The zero-order valence-electron chi connectivity index (χ0n) is 8.80. The highest BCUT2D eigenvalue weighted by Gasteiger charge is 2.11. The van der Waals surface area contributed by atoms with Crippen LogP contribution in [0.4, 0.5) is 4.39 Å². The number of halogens is 2. The average molecular weight is 291 g/mol. The highest BCUT2D eigenvalue weighted by Crippen LogP contribution is 2.30. The first kappa shape index (κ1) is 13.0. The van der Waals surface area contributed by atoms with E-state index in [9.17, 15) is 9.18 Å². The number of aliphatic carboxylic acids is 1. The number of rotatable bonds is 5. The summed E-state index contributed by atoms with van der Waals surface area (Å²) < 4.78 is 18.9. The van der Waals surface area contributed by atoms with E-state index in [4.69, 9.17) is 9.84 Å². The zero-order valence-corrected chi connectivity index (χ0v) is 10.4. The van der Waals surface area contributed by atoms with Gasteiger partial charge in [-0.1, -0.05) is 6.07 Å². The van der Waals surface area contributed by atoms with E-state index in [1.54, 1.807) is 12.1 Å². The molecule has 0 saturated carbocycles. The van der Waals surface area contributed by atoms with Crippen LogP contribution in [0.25, 0.3) is 0 Å². The Morgan fingerprint density at radius 2 is 2.25 bits per heavy atom. The Morgan fingerprint density at radius 1 is 1.56 bits per heavy atom. The lowest BCUT2D eigenvalue weighted by atomic mass is 10.1. The first-order valence-corrected chi connectivity index (χ1v) is 5.58. The maximum Gasteiger partial charge on any atom is 0.303 e. The fraction of sp³-hybridized carbons (Fsp3) is 0.364. The van der Waals surface area contributed by atoms with Gasteiger partial charge in [0.05, 0.1) is 11.6 Å². The quantitative estimate of drug-likeness (QED) is 0.907. The third-order valence-electron chi connectivity index (χ3n) is 2.18. The minimum Gasteiger partial charge on any atom is -0.495 e. The number of hydrogen-bond acceptors (Lipinski definition) is 2. The van der Waals surface area contributed by atoms with Crippen molar-refractivity contribution < 1.29 is 19.0 Å². The fourth-order valence-corrected chi connectivity index (χ4v) is 1.90. The molecule has 0 bridgehead atoms. The van der Waals surface area contributed by atoms with Crippen LogP contribution in [0.1, 0.15) is 18.4 Å². The van der Waals surface area contributed by atoms with Crippen LogP contribution in [-0.2, 0) is 11.2 Å². The number of carbonyl (C=O) groups is 1. The van der Waals surface area contributed by atoms with Crippen molar-refractivity contribution in [3.8, 4) is 5.75 Å². The molecule has 1 rings (SSSR count). The standard InChI is InChI=1S/C11H12BrFO3/c1-16-8-6-5-7(11(13)10(8)12)3-2-4-9(14)15/h5-6H,2-4H2,1H3,(H,14,15). The first-order chi connectivity index (χ1) is 7.56. The third-order valence-corrected chi connectivity index (χ3v) is 2.92. The summed E-state index contributed by atoms with van der Waals surface area (Å²) in [5, 5.41) is 8.47. The summed E-state index contributed by atoms with van der Waals surface area (Å²) in [6.07, 6.45) is 0.870. The summed E-state index contributed by atoms with van der Waals surface area (Å²) in [5.74, 6) is -0.822. The second-order valence-corrected chi connectivity index (χ2v) is 4.10. The van der Waals surface area contributed by atoms with Gasteiger partial charge in [-0.05, 0) is 40.4 Å². The van der Waals surface area contributed by atoms with Crippen molar-refractivity contribution in [2.24, 2.45) is 0 Å². The topological polar surface area (TPSA) is 46.5 Å². The molecule has 3 nitrogen and oxygen atoms in total. The van der Waals surface area contributed by atoms with Gasteiger partial charge < -0.3 is 9.84 Å². The maximum absolute atomic E-state index is 13.7.